The van der Waals surface area contributed by atoms with Crippen LogP contribution < -0.4 is 5.73 Å². The molecule has 1 aromatic rings. The van der Waals surface area contributed by atoms with Gasteiger partial charge >= 0.3 is 0 Å². The third-order valence-corrected chi connectivity index (χ3v) is 1.40. The SMILES string of the molecule is C=Cc1cnc(COC=O)c(N)n1. The molecule has 5 heteroatoms. The first-order chi connectivity index (χ1) is 6.27. The second-order valence-corrected chi connectivity index (χ2v) is 2.24. The van der Waals surface area contributed by atoms with E-state index in [0.29, 0.717) is 17.9 Å². The first-order valence-electron chi connectivity index (χ1n) is 3.57. The van der Waals surface area contributed by atoms with E-state index in [2.05, 4.69) is 21.3 Å². The van der Waals surface area contributed by atoms with Crippen molar-refractivity contribution in [2.45, 2.75) is 6.61 Å². The van der Waals surface area contributed by atoms with Crippen molar-refractivity contribution >= 4 is 18.4 Å². The van der Waals surface area contributed by atoms with Crippen LogP contribution in [0, 0.1) is 0 Å². The number of anilines is 1. The summed E-state index contributed by atoms with van der Waals surface area (Å²) >= 11 is 0. The molecule has 0 saturated heterocycles. The second kappa shape index (κ2) is 4.20. The van der Waals surface area contributed by atoms with Crippen molar-refractivity contribution in [2.75, 3.05) is 5.73 Å². The highest BCUT2D eigenvalue weighted by Crippen LogP contribution is 2.07. The molecule has 0 aliphatic rings. The van der Waals surface area contributed by atoms with E-state index >= 15 is 0 Å². The van der Waals surface area contributed by atoms with Gasteiger partial charge in [0.1, 0.15) is 18.1 Å². The van der Waals surface area contributed by atoms with Gasteiger partial charge in [0.25, 0.3) is 6.47 Å². The highest BCUT2D eigenvalue weighted by Gasteiger charge is 2.02. The van der Waals surface area contributed by atoms with Crippen molar-refractivity contribution in [1.29, 1.82) is 0 Å². The minimum absolute atomic E-state index is 0.0414. The van der Waals surface area contributed by atoms with Crippen molar-refractivity contribution in [1.82, 2.24) is 9.97 Å². The Hall–Kier alpha value is -1.91. The first-order valence-corrected chi connectivity index (χ1v) is 3.57. The van der Waals surface area contributed by atoms with Crippen molar-refractivity contribution in [3.63, 3.8) is 0 Å². The molecule has 0 amide bonds. The van der Waals surface area contributed by atoms with E-state index in [4.69, 9.17) is 5.73 Å². The van der Waals surface area contributed by atoms with E-state index in [1.165, 1.54) is 12.3 Å². The van der Waals surface area contributed by atoms with Gasteiger partial charge in [0, 0.05) is 0 Å². The maximum absolute atomic E-state index is 9.89. The Kier molecular flexibility index (Phi) is 2.97. The Morgan fingerprint density at radius 3 is 3.00 bits per heavy atom. The summed E-state index contributed by atoms with van der Waals surface area (Å²) in [7, 11) is 0. The molecule has 0 aliphatic carbocycles. The summed E-state index contributed by atoms with van der Waals surface area (Å²) in [6, 6.07) is 0. The van der Waals surface area contributed by atoms with Crippen LogP contribution >= 0.6 is 0 Å². The zero-order valence-corrected chi connectivity index (χ0v) is 6.93. The summed E-state index contributed by atoms with van der Waals surface area (Å²) in [5.41, 5.74) is 6.55. The number of ether oxygens (including phenoxy) is 1. The maximum Gasteiger partial charge on any atom is 0.293 e. The van der Waals surface area contributed by atoms with Crippen LogP contribution in [0.2, 0.25) is 0 Å². The van der Waals surface area contributed by atoms with E-state index in [1.54, 1.807) is 0 Å². The highest BCUT2D eigenvalue weighted by molar-refractivity contribution is 5.46. The topological polar surface area (TPSA) is 78.1 Å². The smallest absolute Gasteiger partial charge is 0.293 e. The Labute approximate surface area is 75.3 Å². The number of aromatic nitrogens is 2. The van der Waals surface area contributed by atoms with Crippen LogP contribution in [0.1, 0.15) is 11.4 Å². The van der Waals surface area contributed by atoms with Crippen LogP contribution in [0.25, 0.3) is 6.08 Å². The molecule has 0 aromatic carbocycles. The molecular formula is C8H9N3O2. The number of rotatable bonds is 4. The molecule has 68 valence electrons. The van der Waals surface area contributed by atoms with Crippen LogP contribution in [0.3, 0.4) is 0 Å². The Bertz CT molecular complexity index is 325. The van der Waals surface area contributed by atoms with Gasteiger partial charge in [-0.3, -0.25) is 9.78 Å². The molecule has 0 bridgehead atoms. The van der Waals surface area contributed by atoms with Gasteiger partial charge in [0.05, 0.1) is 11.9 Å². The van der Waals surface area contributed by atoms with Gasteiger partial charge in [0.15, 0.2) is 0 Å². The molecule has 0 spiro atoms. The van der Waals surface area contributed by atoms with Crippen LogP contribution in [-0.4, -0.2) is 16.4 Å². The summed E-state index contributed by atoms with van der Waals surface area (Å²) < 4.78 is 4.48. The second-order valence-electron chi connectivity index (χ2n) is 2.24. The lowest BCUT2D eigenvalue weighted by atomic mass is 10.4. The number of hydrogen-bond donors (Lipinski definition) is 1. The molecule has 1 heterocycles. The molecule has 13 heavy (non-hydrogen) atoms. The first kappa shape index (κ1) is 9.18. The van der Waals surface area contributed by atoms with Crippen LogP contribution in [0.15, 0.2) is 12.8 Å². The average Bonchev–Trinajstić information content (AvgIpc) is 2.16. The van der Waals surface area contributed by atoms with Crippen molar-refractivity contribution in [3.8, 4) is 0 Å². The van der Waals surface area contributed by atoms with Gasteiger partial charge in [-0.05, 0) is 6.08 Å². The zero-order chi connectivity index (χ0) is 9.68. The highest BCUT2D eigenvalue weighted by atomic mass is 16.5. The van der Waals surface area contributed by atoms with Crippen LogP contribution in [-0.2, 0) is 16.1 Å². The van der Waals surface area contributed by atoms with E-state index in [-0.39, 0.29) is 12.4 Å². The minimum atomic E-state index is 0.0414. The number of nitrogen functional groups attached to an aromatic ring is 1. The summed E-state index contributed by atoms with van der Waals surface area (Å²) in [5.74, 6) is 0.249. The lowest BCUT2D eigenvalue weighted by Crippen LogP contribution is -2.03. The number of hydrogen-bond acceptors (Lipinski definition) is 5. The largest absolute Gasteiger partial charge is 0.461 e. The molecule has 0 fully saturated rings. The molecule has 5 nitrogen and oxygen atoms in total. The Balaban J connectivity index is 2.84. The lowest BCUT2D eigenvalue weighted by molar-refractivity contribution is -0.129. The van der Waals surface area contributed by atoms with Gasteiger partial charge in [-0.25, -0.2) is 4.98 Å². The van der Waals surface area contributed by atoms with Crippen LogP contribution in [0.4, 0.5) is 5.82 Å². The lowest BCUT2D eigenvalue weighted by Gasteiger charge is -2.02. The van der Waals surface area contributed by atoms with Gasteiger partial charge in [-0.1, -0.05) is 6.58 Å². The molecule has 0 unspecified atom stereocenters. The fourth-order valence-corrected chi connectivity index (χ4v) is 0.765. The number of carbonyl (C=O) groups excluding carboxylic acids is 1. The van der Waals surface area contributed by atoms with Crippen molar-refractivity contribution in [3.05, 3.63) is 24.2 Å². The van der Waals surface area contributed by atoms with Gasteiger partial charge < -0.3 is 10.5 Å². The van der Waals surface area contributed by atoms with E-state index in [9.17, 15) is 4.79 Å². The standard InChI is InChI=1S/C8H9N3O2/c1-2-6-3-10-7(4-13-5-12)8(9)11-6/h2-3,5H,1,4H2,(H2,9,11). The quantitative estimate of drug-likeness (QED) is 0.676. The fraction of sp³-hybridized carbons (Fsp3) is 0.125. The molecular weight excluding hydrogens is 170 g/mol. The summed E-state index contributed by atoms with van der Waals surface area (Å²) in [4.78, 5) is 17.8. The number of carbonyl (C=O) groups is 1. The molecule has 0 aliphatic heterocycles. The molecule has 1 rings (SSSR count). The van der Waals surface area contributed by atoms with Gasteiger partial charge in [0.2, 0.25) is 0 Å². The molecule has 1 aromatic heterocycles. The third kappa shape index (κ3) is 2.26. The van der Waals surface area contributed by atoms with Gasteiger partial charge in [-0.15, -0.1) is 0 Å². The number of nitrogens with zero attached hydrogens (tertiary/aromatic N) is 2. The number of nitrogens with two attached hydrogens (primary N) is 1. The average molecular weight is 179 g/mol. The Morgan fingerprint density at radius 2 is 2.46 bits per heavy atom. The summed E-state index contributed by atoms with van der Waals surface area (Å²) in [5, 5.41) is 0. The monoisotopic (exact) mass is 179 g/mol. The predicted octanol–water partition coefficient (Wildman–Crippen LogP) is 0.375. The fourth-order valence-electron chi connectivity index (χ4n) is 0.765. The summed E-state index contributed by atoms with van der Waals surface area (Å²) in [6.07, 6.45) is 3.04. The normalized spacial score (nSPS) is 9.23. The Morgan fingerprint density at radius 1 is 1.69 bits per heavy atom. The van der Waals surface area contributed by atoms with E-state index < -0.39 is 0 Å². The minimum Gasteiger partial charge on any atom is -0.461 e. The van der Waals surface area contributed by atoms with E-state index in [0.717, 1.165) is 0 Å². The third-order valence-electron chi connectivity index (χ3n) is 1.40. The van der Waals surface area contributed by atoms with Crippen molar-refractivity contribution in [2.24, 2.45) is 0 Å². The molecule has 2 N–H and O–H groups in total. The van der Waals surface area contributed by atoms with E-state index in [1.807, 2.05) is 0 Å². The molecule has 0 radical (unpaired) electrons. The van der Waals surface area contributed by atoms with Crippen LogP contribution in [0.5, 0.6) is 0 Å². The van der Waals surface area contributed by atoms with Gasteiger partial charge in [-0.2, -0.15) is 0 Å². The van der Waals surface area contributed by atoms with Crippen molar-refractivity contribution < 1.29 is 9.53 Å². The summed E-state index contributed by atoms with van der Waals surface area (Å²) in [6.45, 7) is 3.90. The molecule has 0 saturated carbocycles. The molecule has 0 atom stereocenters. The maximum atomic E-state index is 9.89. The zero-order valence-electron chi connectivity index (χ0n) is 6.93. The predicted molar refractivity (Wildman–Crippen MR) is 47.4 cm³/mol.